The van der Waals surface area contributed by atoms with Gasteiger partial charge in [0.15, 0.2) is 11.0 Å². The summed E-state index contributed by atoms with van der Waals surface area (Å²) in [7, 11) is 0. The summed E-state index contributed by atoms with van der Waals surface area (Å²) in [5.41, 5.74) is 6.24. The summed E-state index contributed by atoms with van der Waals surface area (Å²) in [6, 6.07) is 1.62. The van der Waals surface area contributed by atoms with E-state index in [-0.39, 0.29) is 6.61 Å². The van der Waals surface area contributed by atoms with Crippen LogP contribution in [0.15, 0.2) is 12.1 Å². The van der Waals surface area contributed by atoms with Gasteiger partial charge in [0.2, 0.25) is 0 Å². The molecule has 0 saturated carbocycles. The minimum absolute atomic E-state index is 0.114. The van der Waals surface area contributed by atoms with Crippen LogP contribution in [0.4, 0.5) is 5.82 Å². The predicted octanol–water partition coefficient (Wildman–Crippen LogP) is 1.11. The molecule has 0 radical (unpaired) electrons. The Labute approximate surface area is 81.0 Å². The third-order valence-electron chi connectivity index (χ3n) is 1.42. The van der Waals surface area contributed by atoms with Gasteiger partial charge in [-0.15, -0.1) is 10.2 Å². The van der Waals surface area contributed by atoms with Gasteiger partial charge in [-0.05, 0) is 12.5 Å². The quantitative estimate of drug-likeness (QED) is 0.765. The Morgan fingerprint density at radius 1 is 1.54 bits per heavy atom. The molecule has 0 aliphatic carbocycles. The van der Waals surface area contributed by atoms with Crippen molar-refractivity contribution in [1.82, 2.24) is 10.2 Å². The summed E-state index contributed by atoms with van der Waals surface area (Å²) < 4.78 is 0. The molecule has 0 unspecified atom stereocenters. The van der Waals surface area contributed by atoms with Gasteiger partial charge < -0.3 is 10.8 Å². The highest BCUT2D eigenvalue weighted by molar-refractivity contribution is 6.29. The number of rotatable bonds is 3. The van der Waals surface area contributed by atoms with Gasteiger partial charge in [-0.2, -0.15) is 0 Å². The summed E-state index contributed by atoms with van der Waals surface area (Å²) in [6.45, 7) is 0.114. The number of nitrogen functional groups attached to an aromatic ring is 1. The average molecular weight is 200 g/mol. The van der Waals surface area contributed by atoms with Gasteiger partial charge in [-0.3, -0.25) is 0 Å². The van der Waals surface area contributed by atoms with Crippen molar-refractivity contribution in [2.75, 3.05) is 12.3 Å². The molecule has 0 fully saturated rings. The smallest absolute Gasteiger partial charge is 0.153 e. The third-order valence-corrected chi connectivity index (χ3v) is 1.60. The largest absolute Gasteiger partial charge is 0.396 e. The first kappa shape index (κ1) is 9.95. The molecule has 3 N–H and O–H groups in total. The summed E-state index contributed by atoms with van der Waals surface area (Å²) in [6.07, 6.45) is 4.13. The topological polar surface area (TPSA) is 72.0 Å². The van der Waals surface area contributed by atoms with Crippen molar-refractivity contribution >= 4 is 23.5 Å². The molecular weight excluding hydrogens is 190 g/mol. The molecule has 1 aromatic rings. The van der Waals surface area contributed by atoms with E-state index in [0.29, 0.717) is 23.0 Å². The molecule has 0 aliphatic heterocycles. The molecule has 0 spiro atoms. The van der Waals surface area contributed by atoms with E-state index >= 15 is 0 Å². The lowest BCUT2D eigenvalue weighted by atomic mass is 10.2. The zero-order valence-electron chi connectivity index (χ0n) is 6.94. The van der Waals surface area contributed by atoms with Crippen LogP contribution in [0.1, 0.15) is 12.0 Å². The molecule has 1 rings (SSSR count). The molecule has 0 bridgehead atoms. The Kier molecular flexibility index (Phi) is 3.67. The van der Waals surface area contributed by atoms with Gasteiger partial charge in [0, 0.05) is 12.2 Å². The summed E-state index contributed by atoms with van der Waals surface area (Å²) in [5.74, 6) is 0.332. The monoisotopic (exact) mass is 199 g/mol. The van der Waals surface area contributed by atoms with Crippen LogP contribution >= 0.6 is 11.6 Å². The van der Waals surface area contributed by atoms with Crippen LogP contribution in [0.2, 0.25) is 5.15 Å². The number of anilines is 1. The fraction of sp³-hybridized carbons (Fsp3) is 0.250. The highest BCUT2D eigenvalue weighted by Crippen LogP contribution is 2.13. The van der Waals surface area contributed by atoms with Crippen LogP contribution in [0.3, 0.4) is 0 Å². The number of halogens is 1. The maximum Gasteiger partial charge on any atom is 0.153 e. The molecule has 4 nitrogen and oxygen atoms in total. The van der Waals surface area contributed by atoms with Crippen LogP contribution in [0.25, 0.3) is 6.08 Å². The van der Waals surface area contributed by atoms with Gasteiger partial charge in [0.25, 0.3) is 0 Å². The Hall–Kier alpha value is -1.13. The van der Waals surface area contributed by atoms with E-state index in [1.54, 1.807) is 18.2 Å². The van der Waals surface area contributed by atoms with Crippen LogP contribution in [-0.4, -0.2) is 21.9 Å². The molecule has 0 aromatic carbocycles. The van der Waals surface area contributed by atoms with E-state index in [9.17, 15) is 0 Å². The lowest BCUT2D eigenvalue weighted by Crippen LogP contribution is -1.96. The van der Waals surface area contributed by atoms with Gasteiger partial charge >= 0.3 is 0 Å². The molecular formula is C8H10ClN3O. The summed E-state index contributed by atoms with van der Waals surface area (Å²) in [5, 5.41) is 16.0. The molecule has 13 heavy (non-hydrogen) atoms. The molecule has 0 saturated heterocycles. The number of hydrogen-bond acceptors (Lipinski definition) is 4. The summed E-state index contributed by atoms with van der Waals surface area (Å²) in [4.78, 5) is 0. The zero-order valence-corrected chi connectivity index (χ0v) is 7.70. The van der Waals surface area contributed by atoms with Gasteiger partial charge in [-0.25, -0.2) is 0 Å². The minimum Gasteiger partial charge on any atom is -0.396 e. The highest BCUT2D eigenvalue weighted by atomic mass is 35.5. The SMILES string of the molecule is Nc1nnc(Cl)cc1C=CCCO. The Morgan fingerprint density at radius 2 is 2.31 bits per heavy atom. The van der Waals surface area contributed by atoms with E-state index in [1.165, 1.54) is 0 Å². The van der Waals surface area contributed by atoms with E-state index in [0.717, 1.165) is 0 Å². The second-order valence-electron chi connectivity index (χ2n) is 2.42. The van der Waals surface area contributed by atoms with Crippen LogP contribution in [0, 0.1) is 0 Å². The zero-order chi connectivity index (χ0) is 9.68. The average Bonchev–Trinajstić information content (AvgIpc) is 2.11. The lowest BCUT2D eigenvalue weighted by molar-refractivity contribution is 0.303. The van der Waals surface area contributed by atoms with Crippen LogP contribution < -0.4 is 5.73 Å². The van der Waals surface area contributed by atoms with E-state index < -0.39 is 0 Å². The summed E-state index contributed by atoms with van der Waals surface area (Å²) >= 11 is 5.62. The molecule has 0 atom stereocenters. The molecule has 0 amide bonds. The van der Waals surface area contributed by atoms with Crippen molar-refractivity contribution in [3.05, 3.63) is 22.9 Å². The Morgan fingerprint density at radius 3 is 3.00 bits per heavy atom. The molecule has 0 aliphatic rings. The lowest BCUT2D eigenvalue weighted by Gasteiger charge is -1.97. The second-order valence-corrected chi connectivity index (χ2v) is 2.81. The van der Waals surface area contributed by atoms with E-state index in [2.05, 4.69) is 10.2 Å². The molecule has 70 valence electrons. The van der Waals surface area contributed by atoms with Crippen molar-refractivity contribution in [2.24, 2.45) is 0 Å². The van der Waals surface area contributed by atoms with E-state index in [4.69, 9.17) is 22.4 Å². The fourth-order valence-electron chi connectivity index (χ4n) is 0.809. The van der Waals surface area contributed by atoms with Gasteiger partial charge in [0.1, 0.15) is 0 Å². The Bertz CT molecular complexity index is 314. The first-order valence-electron chi connectivity index (χ1n) is 3.80. The number of nitrogens with two attached hydrogens (primary N) is 1. The number of nitrogens with zero attached hydrogens (tertiary/aromatic N) is 2. The van der Waals surface area contributed by atoms with Crippen LogP contribution in [-0.2, 0) is 0 Å². The number of aromatic nitrogens is 2. The molecule has 5 heteroatoms. The van der Waals surface area contributed by atoms with Crippen molar-refractivity contribution < 1.29 is 5.11 Å². The first-order valence-corrected chi connectivity index (χ1v) is 4.18. The van der Waals surface area contributed by atoms with Gasteiger partial charge in [0.05, 0.1) is 0 Å². The Balaban J connectivity index is 2.81. The third kappa shape index (κ3) is 3.01. The first-order chi connectivity index (χ1) is 6.24. The maximum absolute atomic E-state index is 8.53. The predicted molar refractivity (Wildman–Crippen MR) is 52.2 cm³/mol. The second kappa shape index (κ2) is 4.79. The van der Waals surface area contributed by atoms with Crippen molar-refractivity contribution in [1.29, 1.82) is 0 Å². The minimum atomic E-state index is 0.114. The standard InChI is InChI=1S/C8H10ClN3O/c9-7-5-6(3-1-2-4-13)8(10)12-11-7/h1,3,5,13H,2,4H2,(H2,10,12). The van der Waals surface area contributed by atoms with Gasteiger partial charge in [-0.1, -0.05) is 23.8 Å². The van der Waals surface area contributed by atoms with Crippen molar-refractivity contribution in [2.45, 2.75) is 6.42 Å². The normalized spacial score (nSPS) is 10.9. The molecule has 1 heterocycles. The molecule has 1 aromatic heterocycles. The number of aliphatic hydroxyl groups excluding tert-OH is 1. The maximum atomic E-state index is 8.53. The number of aliphatic hydroxyl groups is 1. The van der Waals surface area contributed by atoms with Crippen molar-refractivity contribution in [3.8, 4) is 0 Å². The van der Waals surface area contributed by atoms with Crippen LogP contribution in [0.5, 0.6) is 0 Å². The van der Waals surface area contributed by atoms with E-state index in [1.807, 2.05) is 0 Å². The van der Waals surface area contributed by atoms with Crippen molar-refractivity contribution in [3.63, 3.8) is 0 Å². The fourth-order valence-corrected chi connectivity index (χ4v) is 0.964. The number of hydrogen-bond donors (Lipinski definition) is 2. The highest BCUT2D eigenvalue weighted by Gasteiger charge is 1.98.